The van der Waals surface area contributed by atoms with Crippen molar-refractivity contribution in [2.75, 3.05) is 13.7 Å². The van der Waals surface area contributed by atoms with Crippen molar-refractivity contribution < 1.29 is 9.84 Å². The topological polar surface area (TPSA) is 54.2 Å². The van der Waals surface area contributed by atoms with E-state index in [1.54, 1.807) is 7.11 Å². The number of hydrogen-bond donors (Lipinski definition) is 1. The number of rotatable bonds is 3. The van der Waals surface area contributed by atoms with Crippen molar-refractivity contribution in [1.82, 2.24) is 0 Å². The molecule has 3 rings (SSSR count). The van der Waals surface area contributed by atoms with Crippen LogP contribution in [-0.2, 0) is 0 Å². The smallest absolute Gasteiger partial charge is 0.134 e. The molecule has 4 heteroatoms. The van der Waals surface area contributed by atoms with Crippen molar-refractivity contribution in [1.29, 1.82) is 0 Å². The van der Waals surface area contributed by atoms with E-state index in [9.17, 15) is 0 Å². The second-order valence-electron chi connectivity index (χ2n) is 5.82. The molecule has 0 spiro atoms. The van der Waals surface area contributed by atoms with Gasteiger partial charge in [-0.25, -0.2) is 9.98 Å². The molecule has 1 atom stereocenters. The maximum absolute atomic E-state index is 8.96. The average Bonchev–Trinajstić information content (AvgIpc) is 2.64. The van der Waals surface area contributed by atoms with E-state index in [1.165, 1.54) is 0 Å². The van der Waals surface area contributed by atoms with Crippen molar-refractivity contribution in [2.45, 2.75) is 13.3 Å². The summed E-state index contributed by atoms with van der Waals surface area (Å²) in [5.41, 5.74) is 4.48. The Morgan fingerprint density at radius 1 is 1.40 bits per heavy atom. The van der Waals surface area contributed by atoms with Gasteiger partial charge in [-0.05, 0) is 42.7 Å². The number of aliphatic hydroxyl groups excluding tert-OH is 1. The van der Waals surface area contributed by atoms with Crippen molar-refractivity contribution in [2.24, 2.45) is 15.9 Å². The van der Waals surface area contributed by atoms with Crippen LogP contribution in [0.2, 0.25) is 0 Å². The molecule has 4 nitrogen and oxygen atoms in total. The summed E-state index contributed by atoms with van der Waals surface area (Å²) in [6, 6.07) is 5.75. The van der Waals surface area contributed by atoms with Crippen LogP contribution in [-0.4, -0.2) is 30.4 Å². The first kappa shape index (κ1) is 16.9. The fourth-order valence-electron chi connectivity index (χ4n) is 3.00. The summed E-state index contributed by atoms with van der Waals surface area (Å²) < 4.78 is 5.34. The fourth-order valence-corrected chi connectivity index (χ4v) is 3.00. The molecule has 1 aromatic carbocycles. The zero-order valence-electron chi connectivity index (χ0n) is 14.4. The van der Waals surface area contributed by atoms with Gasteiger partial charge in [0.2, 0.25) is 0 Å². The minimum Gasteiger partial charge on any atom is -0.495 e. The molecular formula is C21H20N2O2. The third-order valence-corrected chi connectivity index (χ3v) is 4.19. The van der Waals surface area contributed by atoms with Crippen LogP contribution >= 0.6 is 0 Å². The molecule has 126 valence electrons. The number of nitrogens with zero attached hydrogens (tertiary/aromatic N) is 2. The highest BCUT2D eigenvalue weighted by Gasteiger charge is 2.27. The van der Waals surface area contributed by atoms with E-state index in [4.69, 9.17) is 9.84 Å². The van der Waals surface area contributed by atoms with Crippen molar-refractivity contribution in [3.63, 3.8) is 0 Å². The number of amidine groups is 1. The number of aliphatic imine (C=N–C) groups is 2. The molecule has 1 aromatic rings. The zero-order valence-corrected chi connectivity index (χ0v) is 14.4. The van der Waals surface area contributed by atoms with Gasteiger partial charge < -0.3 is 9.84 Å². The molecule has 0 amide bonds. The van der Waals surface area contributed by atoms with Gasteiger partial charge in [-0.2, -0.15) is 0 Å². The molecule has 0 radical (unpaired) electrons. The van der Waals surface area contributed by atoms with Crippen LogP contribution in [0, 0.1) is 17.8 Å². The van der Waals surface area contributed by atoms with Crippen LogP contribution in [0.25, 0.3) is 5.57 Å². The summed E-state index contributed by atoms with van der Waals surface area (Å²) in [4.78, 5) is 9.21. The lowest BCUT2D eigenvalue weighted by molar-refractivity contribution is 0.350. The zero-order chi connectivity index (χ0) is 17.8. The van der Waals surface area contributed by atoms with E-state index >= 15 is 0 Å². The van der Waals surface area contributed by atoms with Gasteiger partial charge in [-0.3, -0.25) is 0 Å². The molecule has 0 aromatic heterocycles. The number of allylic oxidation sites excluding steroid dienone is 5. The highest BCUT2D eigenvalue weighted by molar-refractivity contribution is 6.28. The molecule has 0 saturated heterocycles. The van der Waals surface area contributed by atoms with Gasteiger partial charge in [0.1, 0.15) is 18.2 Å². The largest absolute Gasteiger partial charge is 0.495 e. The van der Waals surface area contributed by atoms with Gasteiger partial charge in [0.05, 0.1) is 24.1 Å². The fraction of sp³-hybridized carbons (Fsp3) is 0.238. The highest BCUT2D eigenvalue weighted by atomic mass is 16.5. The lowest BCUT2D eigenvalue weighted by Crippen LogP contribution is -2.23. The van der Waals surface area contributed by atoms with E-state index < -0.39 is 0 Å². The minimum absolute atomic E-state index is 0.135. The van der Waals surface area contributed by atoms with Gasteiger partial charge in [0.15, 0.2) is 0 Å². The normalized spacial score (nSPS) is 18.2. The molecule has 0 bridgehead atoms. The Labute approximate surface area is 148 Å². The molecule has 0 saturated carbocycles. The predicted octanol–water partition coefficient (Wildman–Crippen LogP) is 3.39. The van der Waals surface area contributed by atoms with Crippen LogP contribution in [0.15, 0.2) is 58.7 Å². The summed E-state index contributed by atoms with van der Waals surface area (Å²) in [5, 5.41) is 8.96. The lowest BCUT2D eigenvalue weighted by Gasteiger charge is -2.26. The number of benzene rings is 1. The Kier molecular flexibility index (Phi) is 4.97. The average molecular weight is 332 g/mol. The lowest BCUT2D eigenvalue weighted by atomic mass is 9.85. The quantitative estimate of drug-likeness (QED) is 0.863. The van der Waals surface area contributed by atoms with E-state index in [0.717, 1.165) is 40.4 Å². The van der Waals surface area contributed by atoms with Gasteiger partial charge in [0, 0.05) is 5.92 Å². The maximum Gasteiger partial charge on any atom is 0.134 e. The number of fused-ring (bicyclic) bond motifs is 1. The SMILES string of the molecule is C=C(C1=NC(C)=NC2=CC=CCC21)c1ccc(OC)c(C#CCO)c1. The number of methoxy groups -OCH3 is 1. The molecule has 1 N–H and O–H groups in total. The monoisotopic (exact) mass is 332 g/mol. The first-order chi connectivity index (χ1) is 12.1. The van der Waals surface area contributed by atoms with Crippen LogP contribution in [0.3, 0.4) is 0 Å². The summed E-state index contributed by atoms with van der Waals surface area (Å²) in [7, 11) is 1.60. The Morgan fingerprint density at radius 2 is 2.24 bits per heavy atom. The molecule has 1 heterocycles. The molecule has 1 aliphatic heterocycles. The number of ether oxygens (including phenoxy) is 1. The third kappa shape index (κ3) is 3.47. The first-order valence-electron chi connectivity index (χ1n) is 8.12. The van der Waals surface area contributed by atoms with Crippen LogP contribution < -0.4 is 4.74 Å². The summed E-state index contributed by atoms with van der Waals surface area (Å²) >= 11 is 0. The first-order valence-corrected chi connectivity index (χ1v) is 8.12. The predicted molar refractivity (Wildman–Crippen MR) is 102 cm³/mol. The van der Waals surface area contributed by atoms with Crippen molar-refractivity contribution >= 4 is 17.1 Å². The molecule has 25 heavy (non-hydrogen) atoms. The third-order valence-electron chi connectivity index (χ3n) is 4.19. The summed E-state index contributed by atoms with van der Waals surface area (Å²) in [5.74, 6) is 7.13. The van der Waals surface area contributed by atoms with E-state index in [1.807, 2.05) is 37.3 Å². The Balaban J connectivity index is 1.99. The van der Waals surface area contributed by atoms with Crippen LogP contribution in [0.1, 0.15) is 24.5 Å². The number of hydrogen-bond acceptors (Lipinski definition) is 4. The minimum atomic E-state index is -0.195. The molecule has 0 fully saturated rings. The van der Waals surface area contributed by atoms with E-state index in [-0.39, 0.29) is 12.5 Å². The molecule has 1 aliphatic carbocycles. The van der Waals surface area contributed by atoms with Gasteiger partial charge >= 0.3 is 0 Å². The standard InChI is InChI=1S/C21H20N2O2/c1-14(16-10-11-20(25-3)17(13-16)7-6-12-24)21-18-8-4-5-9-19(18)22-15(2)23-21/h4-5,9-11,13,18,24H,1,8,12H2,2-3H3. The summed E-state index contributed by atoms with van der Waals surface area (Å²) in [6.45, 7) is 5.98. The Hall–Kier alpha value is -2.90. The van der Waals surface area contributed by atoms with Gasteiger partial charge in [0.25, 0.3) is 0 Å². The summed E-state index contributed by atoms with van der Waals surface area (Å²) in [6.07, 6.45) is 7.06. The second kappa shape index (κ2) is 7.33. The second-order valence-corrected chi connectivity index (χ2v) is 5.82. The Morgan fingerprint density at radius 3 is 3.00 bits per heavy atom. The van der Waals surface area contributed by atoms with Crippen LogP contribution in [0.4, 0.5) is 0 Å². The Bertz CT molecular complexity index is 892. The van der Waals surface area contributed by atoms with E-state index in [0.29, 0.717) is 5.75 Å². The number of aliphatic hydroxyl groups is 1. The molecular weight excluding hydrogens is 312 g/mol. The van der Waals surface area contributed by atoms with Crippen molar-refractivity contribution in [3.8, 4) is 17.6 Å². The van der Waals surface area contributed by atoms with Crippen LogP contribution in [0.5, 0.6) is 5.75 Å². The molecule has 2 aliphatic rings. The maximum atomic E-state index is 8.96. The highest BCUT2D eigenvalue weighted by Crippen LogP contribution is 2.33. The molecule has 1 unspecified atom stereocenters. The van der Waals surface area contributed by atoms with Crippen molar-refractivity contribution in [3.05, 3.63) is 59.8 Å². The van der Waals surface area contributed by atoms with Gasteiger partial charge in [-0.15, -0.1) is 0 Å². The van der Waals surface area contributed by atoms with E-state index in [2.05, 4.69) is 34.5 Å². The van der Waals surface area contributed by atoms with Gasteiger partial charge in [-0.1, -0.05) is 36.6 Å².